The fourth-order valence-corrected chi connectivity index (χ4v) is 8.45. The van der Waals surface area contributed by atoms with Crippen molar-refractivity contribution in [1.29, 1.82) is 0 Å². The molecule has 2 amide bonds. The van der Waals surface area contributed by atoms with Crippen molar-refractivity contribution < 1.29 is 62.0 Å². The van der Waals surface area contributed by atoms with Gasteiger partial charge in [-0.2, -0.15) is 8.42 Å². The molecule has 0 radical (unpaired) electrons. The number of amides is 2. The normalized spacial score (nSPS) is 18.1. The topological polar surface area (TPSA) is 325 Å². The van der Waals surface area contributed by atoms with Gasteiger partial charge in [0.25, 0.3) is 21.9 Å². The zero-order valence-corrected chi connectivity index (χ0v) is 29.1. The van der Waals surface area contributed by atoms with Gasteiger partial charge in [0.2, 0.25) is 11.9 Å². The number of thiazole rings is 1. The van der Waals surface area contributed by atoms with Gasteiger partial charge in [0.15, 0.2) is 22.3 Å². The number of hydrogen-bond donors (Lipinski definition) is 7. The van der Waals surface area contributed by atoms with Crippen molar-refractivity contribution in [3.8, 4) is 11.5 Å². The van der Waals surface area contributed by atoms with Crippen LogP contribution in [0.3, 0.4) is 0 Å². The molecule has 270 valence electrons. The molecule has 1 fully saturated rings. The van der Waals surface area contributed by atoms with Crippen LogP contribution in [0.25, 0.3) is 0 Å². The Morgan fingerprint density at radius 2 is 1.98 bits per heavy atom. The number of phenols is 2. The standard InChI is InChI=1S/C27H26N8O12S4/c1-34-5-11(9-51(44,45)46)20(28)32-27(34)50-7-12-6-48-23-17(22(39)35(23)18(12)24(40)41)31-21(38)16(13-8-49-26(29)30-13)33-47-19(25(42)43)10-2-3-14(36)15(37)4-10/h2-5,8,17,19,23,28H,6-7,9H2,1H3,(H8,29,30,31,33,36,37,38,40,41,42,43,44,45,46)/t17?,19?,23-/m1/s1. The molecule has 1 saturated heterocycles. The lowest BCUT2D eigenvalue weighted by atomic mass is 10.0. The first kappa shape index (κ1) is 37.1. The number of oxime groups is 1. The minimum atomic E-state index is -4.38. The van der Waals surface area contributed by atoms with Gasteiger partial charge in [-0.15, -0.1) is 23.1 Å². The number of carboxylic acids is 2. The predicted octanol–water partition coefficient (Wildman–Crippen LogP) is -1.93. The summed E-state index contributed by atoms with van der Waals surface area (Å²) in [5.74, 6) is -7.04. The van der Waals surface area contributed by atoms with Gasteiger partial charge in [0.1, 0.15) is 29.1 Å². The number of carbonyl (C=O) groups excluding carboxylic acids is 3. The summed E-state index contributed by atoms with van der Waals surface area (Å²) in [6.07, 6.45) is -0.507. The van der Waals surface area contributed by atoms with Gasteiger partial charge < -0.3 is 46.8 Å². The van der Waals surface area contributed by atoms with E-state index in [1.807, 2.05) is 0 Å². The summed E-state index contributed by atoms with van der Waals surface area (Å²) < 4.78 is 33.1. The van der Waals surface area contributed by atoms with E-state index in [2.05, 4.69) is 20.4 Å². The van der Waals surface area contributed by atoms with E-state index >= 15 is 0 Å². The Hall–Kier alpha value is -5.17. The highest BCUT2D eigenvalue weighted by molar-refractivity contribution is 8.01. The molecule has 2 aliphatic heterocycles. The van der Waals surface area contributed by atoms with Crippen molar-refractivity contribution in [2.45, 2.75) is 28.4 Å². The number of fused-ring (bicyclic) bond motifs is 1. The number of benzene rings is 1. The second-order valence-corrected chi connectivity index (χ2v) is 15.1. The molecule has 2 unspecified atom stereocenters. The number of thioether (sulfide) groups is 2. The van der Waals surface area contributed by atoms with Crippen LogP contribution in [-0.2, 0) is 46.9 Å². The number of carbonyl (C=O) groups is 4. The average molecular weight is 783 g/mol. The smallest absolute Gasteiger partial charge is 0.361 e. The first-order valence-electron chi connectivity index (χ1n) is 14.1. The van der Waals surface area contributed by atoms with Crippen molar-refractivity contribution in [3.63, 3.8) is 0 Å². The number of rotatable bonds is 13. The van der Waals surface area contributed by atoms with Crippen molar-refractivity contribution in [2.24, 2.45) is 12.2 Å². The molecule has 2 aromatic heterocycles. The van der Waals surface area contributed by atoms with Gasteiger partial charge in [0.05, 0.1) is 24.3 Å². The maximum Gasteiger partial charge on any atom is 0.361 e. The second-order valence-electron chi connectivity index (χ2n) is 10.7. The van der Waals surface area contributed by atoms with E-state index < -0.39 is 80.1 Å². The Kier molecular flexibility index (Phi) is 10.6. The number of nitrogens with zero attached hydrogens (tertiary/aromatic N) is 5. The van der Waals surface area contributed by atoms with E-state index in [-0.39, 0.29) is 50.0 Å². The van der Waals surface area contributed by atoms with Crippen molar-refractivity contribution >= 4 is 85.4 Å². The molecule has 1 aromatic carbocycles. The number of aromatic nitrogens is 3. The van der Waals surface area contributed by atoms with Crippen LogP contribution in [0.5, 0.6) is 11.5 Å². The van der Waals surface area contributed by atoms with Crippen LogP contribution < -0.4 is 26.5 Å². The van der Waals surface area contributed by atoms with Gasteiger partial charge in [-0.05, 0) is 34.5 Å². The zero-order valence-electron chi connectivity index (χ0n) is 25.8. The number of hydrogen-bond acceptors (Lipinski definition) is 18. The summed E-state index contributed by atoms with van der Waals surface area (Å²) in [5, 5.41) is 48.3. The number of β-lactam (4-membered cyclic amide) rings is 1. The highest BCUT2D eigenvalue weighted by atomic mass is 32.2. The van der Waals surface area contributed by atoms with Crippen LogP contribution in [0.4, 0.5) is 10.9 Å². The van der Waals surface area contributed by atoms with Gasteiger partial charge in [-0.1, -0.05) is 11.2 Å². The fraction of sp³-hybridized carbons (Fsp3) is 0.259. The van der Waals surface area contributed by atoms with Gasteiger partial charge >= 0.3 is 11.1 Å². The SMILES string of the molecule is C[n+]1cc(CS(=O)(=O)O)c(N)nc1SCC1=C(C(=O)[O-])N2C(=O)C(NC(=O)/C(=N\OC(C(=O)O)c3ccc(O)c(O)c3)c3csc(N)n3)[C@H]2SC1. The third-order valence-corrected chi connectivity index (χ3v) is 11.0. The average Bonchev–Trinajstić information content (AvgIpc) is 3.48. The number of aromatic hydroxyl groups is 2. The van der Waals surface area contributed by atoms with Gasteiger partial charge in [-0.25, -0.2) is 14.3 Å². The number of nitrogens with one attached hydrogen (secondary N) is 1. The Morgan fingerprint density at radius 3 is 2.59 bits per heavy atom. The van der Waals surface area contributed by atoms with E-state index in [0.717, 1.165) is 58.0 Å². The van der Waals surface area contributed by atoms with Crippen molar-refractivity contribution in [3.05, 3.63) is 57.9 Å². The third-order valence-electron chi connectivity index (χ3n) is 7.19. The molecule has 0 saturated carbocycles. The number of aryl methyl sites for hydroxylation is 1. The number of nitrogen functional groups attached to an aromatic ring is 2. The molecule has 9 N–H and O–H groups in total. The van der Waals surface area contributed by atoms with Crippen molar-refractivity contribution in [2.75, 3.05) is 23.0 Å². The zero-order chi connectivity index (χ0) is 37.4. The molecule has 4 heterocycles. The van der Waals surface area contributed by atoms with E-state index in [9.17, 15) is 48.0 Å². The second kappa shape index (κ2) is 14.6. The Labute approximate surface area is 299 Å². The Morgan fingerprint density at radius 1 is 1.25 bits per heavy atom. The van der Waals surface area contributed by atoms with Crippen LogP contribution in [0.1, 0.15) is 22.9 Å². The number of phenolic OH excluding ortho intramolecular Hbond substituents is 2. The summed E-state index contributed by atoms with van der Waals surface area (Å²) in [6, 6.07) is 1.84. The summed E-state index contributed by atoms with van der Waals surface area (Å²) >= 11 is 3.11. The van der Waals surface area contributed by atoms with E-state index in [1.165, 1.54) is 23.2 Å². The Bertz CT molecular complexity index is 2120. The minimum Gasteiger partial charge on any atom is -0.543 e. The largest absolute Gasteiger partial charge is 0.543 e. The van der Waals surface area contributed by atoms with Crippen LogP contribution in [-0.4, -0.2) is 95.5 Å². The van der Waals surface area contributed by atoms with Crippen LogP contribution >= 0.6 is 34.9 Å². The van der Waals surface area contributed by atoms with E-state index in [4.69, 9.17) is 20.9 Å². The highest BCUT2D eigenvalue weighted by Crippen LogP contribution is 2.41. The molecule has 51 heavy (non-hydrogen) atoms. The summed E-state index contributed by atoms with van der Waals surface area (Å²) in [4.78, 5) is 65.3. The van der Waals surface area contributed by atoms with Crippen LogP contribution in [0, 0.1) is 0 Å². The molecule has 0 spiro atoms. The quantitative estimate of drug-likeness (QED) is 0.0145. The summed E-state index contributed by atoms with van der Waals surface area (Å²) in [5.41, 5.74) is 10.7. The highest BCUT2D eigenvalue weighted by Gasteiger charge is 2.53. The lowest BCUT2D eigenvalue weighted by Crippen LogP contribution is -2.71. The lowest BCUT2D eigenvalue weighted by Gasteiger charge is -2.50. The maximum absolute atomic E-state index is 13.5. The molecule has 2 aliphatic rings. The molecule has 0 bridgehead atoms. The number of nitrogens with two attached hydrogens (primary N) is 2. The first-order valence-corrected chi connectivity index (χ1v) is 18.6. The molecule has 20 nitrogen and oxygen atoms in total. The monoisotopic (exact) mass is 782 g/mol. The van der Waals surface area contributed by atoms with E-state index in [0.29, 0.717) is 0 Å². The van der Waals surface area contributed by atoms with Crippen LogP contribution in [0.15, 0.2) is 51.4 Å². The Balaban J connectivity index is 1.34. The molecular weight excluding hydrogens is 757 g/mol. The summed E-state index contributed by atoms with van der Waals surface area (Å²) in [7, 11) is -2.84. The van der Waals surface area contributed by atoms with Crippen molar-refractivity contribution in [1.82, 2.24) is 20.2 Å². The summed E-state index contributed by atoms with van der Waals surface area (Å²) in [6.45, 7) is 0. The molecule has 24 heteroatoms. The minimum absolute atomic E-state index is 0.00467. The first-order chi connectivity index (χ1) is 23.9. The number of anilines is 2. The third kappa shape index (κ3) is 8.09. The van der Waals surface area contributed by atoms with Gasteiger partial charge in [-0.3, -0.25) is 19.0 Å². The molecule has 3 atom stereocenters. The number of aliphatic carboxylic acids is 2. The number of carboxylic acid groups (broad SMARTS) is 2. The molecule has 3 aromatic rings. The lowest BCUT2D eigenvalue weighted by molar-refractivity contribution is -0.713. The molecule has 5 rings (SSSR count). The predicted molar refractivity (Wildman–Crippen MR) is 177 cm³/mol. The van der Waals surface area contributed by atoms with E-state index in [1.54, 1.807) is 0 Å². The fourth-order valence-electron chi connectivity index (χ4n) is 4.85. The van der Waals surface area contributed by atoms with Gasteiger partial charge in [0, 0.05) is 22.4 Å². The molecule has 0 aliphatic carbocycles. The van der Waals surface area contributed by atoms with Crippen LogP contribution in [0.2, 0.25) is 0 Å². The maximum atomic E-state index is 13.5. The molecular formula is C27H26N8O12S4.